The number of likely N-dealkylation sites (tertiary alicyclic amines) is 1. The fourth-order valence-electron chi connectivity index (χ4n) is 4.27. The second-order valence-corrected chi connectivity index (χ2v) is 9.17. The third kappa shape index (κ3) is 6.10. The Balaban J connectivity index is 1.41. The smallest absolute Gasteiger partial charge is 0.224 e. The van der Waals surface area contributed by atoms with Crippen LogP contribution in [0.15, 0.2) is 47.5 Å². The van der Waals surface area contributed by atoms with Crippen molar-refractivity contribution in [1.82, 2.24) is 19.4 Å². The highest BCUT2D eigenvalue weighted by molar-refractivity contribution is 9.10. The van der Waals surface area contributed by atoms with Gasteiger partial charge in [0.15, 0.2) is 0 Å². The highest BCUT2D eigenvalue weighted by atomic mass is 79.9. The molecule has 32 heavy (non-hydrogen) atoms. The number of carbonyl (C=O) groups excluding carboxylic acids is 2. The topological polar surface area (TPSA) is 76.9 Å². The van der Waals surface area contributed by atoms with Gasteiger partial charge >= 0.3 is 0 Å². The Bertz CT molecular complexity index is 901. The van der Waals surface area contributed by atoms with Crippen molar-refractivity contribution in [3.05, 3.63) is 47.5 Å². The number of amides is 2. The quantitative estimate of drug-likeness (QED) is 0.579. The van der Waals surface area contributed by atoms with Crippen LogP contribution in [0, 0.1) is 5.92 Å². The van der Waals surface area contributed by atoms with Gasteiger partial charge in [0.25, 0.3) is 0 Å². The van der Waals surface area contributed by atoms with Crippen LogP contribution in [0.3, 0.4) is 0 Å². The average molecular weight is 505 g/mol. The van der Waals surface area contributed by atoms with Gasteiger partial charge in [-0.2, -0.15) is 0 Å². The molecule has 2 atom stereocenters. The summed E-state index contributed by atoms with van der Waals surface area (Å²) in [4.78, 5) is 33.6. The van der Waals surface area contributed by atoms with Gasteiger partial charge in [-0.3, -0.25) is 9.59 Å². The summed E-state index contributed by atoms with van der Waals surface area (Å²) in [6.45, 7) is 4.15. The van der Waals surface area contributed by atoms with Crippen molar-refractivity contribution in [2.45, 2.75) is 31.9 Å². The Morgan fingerprint density at radius 1 is 1.16 bits per heavy atom. The van der Waals surface area contributed by atoms with Crippen molar-refractivity contribution in [2.24, 2.45) is 5.92 Å². The molecular formula is C23H29BrN4O4. The molecule has 1 aromatic carbocycles. The van der Waals surface area contributed by atoms with E-state index in [0.29, 0.717) is 65.2 Å². The summed E-state index contributed by atoms with van der Waals surface area (Å²) in [5.74, 6) is 0.917. The van der Waals surface area contributed by atoms with E-state index in [1.807, 2.05) is 44.8 Å². The third-order valence-electron chi connectivity index (χ3n) is 6.04. The van der Waals surface area contributed by atoms with Crippen LogP contribution in [0.2, 0.25) is 0 Å². The molecule has 0 N–H and O–H groups in total. The molecule has 0 spiro atoms. The van der Waals surface area contributed by atoms with Gasteiger partial charge in [-0.05, 0) is 18.2 Å². The summed E-state index contributed by atoms with van der Waals surface area (Å²) >= 11 is 3.48. The van der Waals surface area contributed by atoms with Crippen LogP contribution in [-0.2, 0) is 20.9 Å². The first-order chi connectivity index (χ1) is 15.6. The van der Waals surface area contributed by atoms with Crippen LogP contribution in [0.25, 0.3) is 0 Å². The molecule has 9 heteroatoms. The number of piperidine rings is 1. The number of carbonyl (C=O) groups is 2. The number of halogens is 1. The fraction of sp³-hybridized carbons (Fsp3) is 0.522. The number of rotatable bonds is 7. The van der Waals surface area contributed by atoms with Crippen LogP contribution in [0.5, 0.6) is 5.75 Å². The number of aryl methyl sites for hydroxylation is 1. The predicted molar refractivity (Wildman–Crippen MR) is 122 cm³/mol. The van der Waals surface area contributed by atoms with E-state index in [1.54, 1.807) is 12.5 Å². The van der Waals surface area contributed by atoms with Crippen LogP contribution in [0.4, 0.5) is 0 Å². The highest BCUT2D eigenvalue weighted by Gasteiger charge is 2.35. The van der Waals surface area contributed by atoms with Crippen LogP contribution >= 0.6 is 15.9 Å². The molecule has 0 aliphatic carbocycles. The maximum atomic E-state index is 13.0. The maximum Gasteiger partial charge on any atom is 0.224 e. The molecule has 2 amide bonds. The first-order valence-corrected chi connectivity index (χ1v) is 11.9. The van der Waals surface area contributed by atoms with E-state index in [9.17, 15) is 9.59 Å². The van der Waals surface area contributed by atoms with E-state index in [-0.39, 0.29) is 23.8 Å². The largest absolute Gasteiger partial charge is 0.490 e. The number of morpholine rings is 1. The molecule has 0 unspecified atom stereocenters. The Hall–Kier alpha value is -2.39. The van der Waals surface area contributed by atoms with Crippen molar-refractivity contribution in [1.29, 1.82) is 0 Å². The monoisotopic (exact) mass is 504 g/mol. The highest BCUT2D eigenvalue weighted by Crippen LogP contribution is 2.28. The summed E-state index contributed by atoms with van der Waals surface area (Å²) < 4.78 is 14.5. The van der Waals surface area contributed by atoms with E-state index < -0.39 is 0 Å². The zero-order valence-corrected chi connectivity index (χ0v) is 19.7. The SMILES string of the molecule is O=C(C[C@H]1CN(C(=O)CCn2ccnc2)CC[C@@H]1Oc1cccc(Br)c1)N1CCOCC1. The van der Waals surface area contributed by atoms with E-state index in [0.717, 1.165) is 10.2 Å². The van der Waals surface area contributed by atoms with Crippen molar-refractivity contribution >= 4 is 27.7 Å². The molecular weight excluding hydrogens is 476 g/mol. The van der Waals surface area contributed by atoms with Gasteiger partial charge in [0, 0.05) is 74.8 Å². The van der Waals surface area contributed by atoms with Gasteiger partial charge in [0.2, 0.25) is 11.8 Å². The second kappa shape index (κ2) is 11.0. The first kappa shape index (κ1) is 22.8. The fourth-order valence-corrected chi connectivity index (χ4v) is 4.65. The maximum absolute atomic E-state index is 13.0. The molecule has 2 aliphatic heterocycles. The number of aromatic nitrogens is 2. The molecule has 0 radical (unpaired) electrons. The number of benzene rings is 1. The molecule has 2 aliphatic rings. The second-order valence-electron chi connectivity index (χ2n) is 8.25. The summed E-state index contributed by atoms with van der Waals surface area (Å²) in [6, 6.07) is 7.74. The third-order valence-corrected chi connectivity index (χ3v) is 6.54. The standard InChI is InChI=1S/C23H29BrN4O4/c24-19-2-1-3-20(15-19)32-21-4-8-28(22(29)5-7-26-9-6-25-17-26)16-18(21)14-23(30)27-10-12-31-13-11-27/h1-3,6,9,15,17-18,21H,4-5,7-8,10-14,16H2/t18-,21-/m0/s1. The lowest BCUT2D eigenvalue weighted by Crippen LogP contribution is -2.50. The van der Waals surface area contributed by atoms with E-state index in [2.05, 4.69) is 20.9 Å². The first-order valence-electron chi connectivity index (χ1n) is 11.1. The number of hydrogen-bond acceptors (Lipinski definition) is 5. The van der Waals surface area contributed by atoms with Crippen molar-refractivity contribution in [3.8, 4) is 5.75 Å². The molecule has 2 fully saturated rings. The van der Waals surface area contributed by atoms with E-state index >= 15 is 0 Å². The zero-order chi connectivity index (χ0) is 22.3. The summed E-state index contributed by atoms with van der Waals surface area (Å²) in [6.07, 6.45) is 6.64. The number of imidazole rings is 1. The number of ether oxygens (including phenoxy) is 2. The van der Waals surface area contributed by atoms with Crippen LogP contribution in [0.1, 0.15) is 19.3 Å². The van der Waals surface area contributed by atoms with Gasteiger partial charge < -0.3 is 23.8 Å². The summed E-state index contributed by atoms with van der Waals surface area (Å²) in [5, 5.41) is 0. The van der Waals surface area contributed by atoms with Gasteiger partial charge in [-0.1, -0.05) is 22.0 Å². The summed E-state index contributed by atoms with van der Waals surface area (Å²) in [5.41, 5.74) is 0. The summed E-state index contributed by atoms with van der Waals surface area (Å²) in [7, 11) is 0. The number of hydrogen-bond donors (Lipinski definition) is 0. The molecule has 0 bridgehead atoms. The van der Waals surface area contributed by atoms with Crippen molar-refractivity contribution in [2.75, 3.05) is 39.4 Å². The minimum Gasteiger partial charge on any atom is -0.490 e. The van der Waals surface area contributed by atoms with Crippen LogP contribution < -0.4 is 4.74 Å². The molecule has 2 aromatic rings. The lowest BCUT2D eigenvalue weighted by atomic mass is 9.90. The van der Waals surface area contributed by atoms with Gasteiger partial charge in [0.05, 0.1) is 19.5 Å². The van der Waals surface area contributed by atoms with E-state index in [4.69, 9.17) is 9.47 Å². The lowest BCUT2D eigenvalue weighted by molar-refractivity contribution is -0.141. The molecule has 1 aromatic heterocycles. The van der Waals surface area contributed by atoms with Gasteiger partial charge in [-0.15, -0.1) is 0 Å². The van der Waals surface area contributed by atoms with Crippen molar-refractivity contribution in [3.63, 3.8) is 0 Å². The van der Waals surface area contributed by atoms with E-state index in [1.165, 1.54) is 0 Å². The predicted octanol–water partition coefficient (Wildman–Crippen LogP) is 2.58. The Labute approximate surface area is 196 Å². The molecule has 2 saturated heterocycles. The minimum atomic E-state index is -0.119. The molecule has 8 nitrogen and oxygen atoms in total. The molecule has 3 heterocycles. The molecule has 172 valence electrons. The average Bonchev–Trinajstić information content (AvgIpc) is 3.33. The van der Waals surface area contributed by atoms with Crippen LogP contribution in [-0.4, -0.2) is 76.7 Å². The van der Waals surface area contributed by atoms with Crippen molar-refractivity contribution < 1.29 is 19.1 Å². The Morgan fingerprint density at radius 2 is 2.00 bits per heavy atom. The Morgan fingerprint density at radius 3 is 2.75 bits per heavy atom. The lowest BCUT2D eigenvalue weighted by Gasteiger charge is -2.39. The zero-order valence-electron chi connectivity index (χ0n) is 18.1. The molecule has 4 rings (SSSR count). The Kier molecular flexibility index (Phi) is 7.81. The minimum absolute atomic E-state index is 0.0599. The molecule has 0 saturated carbocycles. The number of nitrogens with zero attached hydrogens (tertiary/aromatic N) is 4. The normalized spacial score (nSPS) is 21.4. The van der Waals surface area contributed by atoms with Gasteiger partial charge in [-0.25, -0.2) is 4.98 Å². The van der Waals surface area contributed by atoms with Gasteiger partial charge in [0.1, 0.15) is 11.9 Å².